The van der Waals surface area contributed by atoms with Crippen molar-refractivity contribution in [3.05, 3.63) is 69.3 Å². The molecule has 2 aromatic rings. The molecule has 1 atom stereocenters. The zero-order valence-corrected chi connectivity index (χ0v) is 20.7. The van der Waals surface area contributed by atoms with Crippen LogP contribution in [0, 0.1) is 10.1 Å². The average Bonchev–Trinajstić information content (AvgIpc) is 3.18. The van der Waals surface area contributed by atoms with E-state index in [-0.39, 0.29) is 29.1 Å². The summed E-state index contributed by atoms with van der Waals surface area (Å²) >= 11 is 0. The largest absolute Gasteiger partial charge is 0.507 e. The molecule has 2 aliphatic rings. The fourth-order valence-corrected chi connectivity index (χ4v) is 4.66. The van der Waals surface area contributed by atoms with Gasteiger partial charge >= 0.3 is 0 Å². The molecule has 0 radical (unpaired) electrons. The molecular formula is C26H29N3O8. The standard InChI is InChI=1S/C26H29N3O8/c1-35-20-9-6-18(16-21(20)36-2)24(30)22-23(17-4-7-19(8-5-17)29(33)34)28(26(32)25(22)31)11-3-10-27-12-14-37-15-13-27/h4-9,16,23,30H,3,10-15H2,1-2H3/b24-22+/t23-/m1/s1. The number of hydrogen-bond acceptors (Lipinski definition) is 9. The van der Waals surface area contributed by atoms with E-state index >= 15 is 0 Å². The van der Waals surface area contributed by atoms with Crippen molar-refractivity contribution in [1.29, 1.82) is 0 Å². The van der Waals surface area contributed by atoms with Crippen LogP contribution in [-0.2, 0) is 14.3 Å². The number of nitro benzene ring substituents is 1. The summed E-state index contributed by atoms with van der Waals surface area (Å²) in [6, 6.07) is 9.42. The average molecular weight is 512 g/mol. The lowest BCUT2D eigenvalue weighted by Crippen LogP contribution is -2.38. The van der Waals surface area contributed by atoms with Crippen LogP contribution in [0.2, 0.25) is 0 Å². The molecule has 0 aromatic heterocycles. The molecule has 11 nitrogen and oxygen atoms in total. The number of hydrogen-bond donors (Lipinski definition) is 1. The van der Waals surface area contributed by atoms with Gasteiger partial charge < -0.3 is 24.2 Å². The minimum absolute atomic E-state index is 0.0857. The third kappa shape index (κ3) is 5.42. The van der Waals surface area contributed by atoms with E-state index in [1.54, 1.807) is 12.1 Å². The number of methoxy groups -OCH3 is 2. The normalized spacial score (nSPS) is 19.7. The Hall–Kier alpha value is -3.96. The van der Waals surface area contributed by atoms with E-state index in [4.69, 9.17) is 14.2 Å². The second kappa shape index (κ2) is 11.4. The lowest BCUT2D eigenvalue weighted by molar-refractivity contribution is -0.384. The molecule has 2 aromatic carbocycles. The third-order valence-corrected chi connectivity index (χ3v) is 6.59. The summed E-state index contributed by atoms with van der Waals surface area (Å²) in [6.45, 7) is 3.88. The maximum absolute atomic E-state index is 13.2. The summed E-state index contributed by atoms with van der Waals surface area (Å²) in [7, 11) is 2.93. The van der Waals surface area contributed by atoms with Gasteiger partial charge in [0.05, 0.1) is 44.0 Å². The summed E-state index contributed by atoms with van der Waals surface area (Å²) in [6.07, 6.45) is 0.604. The van der Waals surface area contributed by atoms with Crippen LogP contribution in [0.25, 0.3) is 5.76 Å². The smallest absolute Gasteiger partial charge is 0.295 e. The summed E-state index contributed by atoms with van der Waals surface area (Å²) in [5.41, 5.74) is 0.555. The predicted octanol–water partition coefficient (Wildman–Crippen LogP) is 2.76. The Morgan fingerprint density at radius 3 is 2.35 bits per heavy atom. The van der Waals surface area contributed by atoms with Gasteiger partial charge in [-0.15, -0.1) is 0 Å². The van der Waals surface area contributed by atoms with Gasteiger partial charge in [-0.25, -0.2) is 0 Å². The first-order valence-corrected chi connectivity index (χ1v) is 11.9. The minimum Gasteiger partial charge on any atom is -0.507 e. The first kappa shape index (κ1) is 26.1. The van der Waals surface area contributed by atoms with Gasteiger partial charge in [-0.05, 0) is 42.3 Å². The highest BCUT2D eigenvalue weighted by molar-refractivity contribution is 6.46. The Bertz CT molecular complexity index is 1200. The van der Waals surface area contributed by atoms with Crippen molar-refractivity contribution in [1.82, 2.24) is 9.80 Å². The highest BCUT2D eigenvalue weighted by atomic mass is 16.6. The SMILES string of the molecule is COc1ccc(/C(O)=C2\C(=O)C(=O)N(CCCN3CCOCC3)[C@@H]2c2ccc([N+](=O)[O-])cc2)cc1OC. The molecule has 2 heterocycles. The summed E-state index contributed by atoms with van der Waals surface area (Å²) in [4.78, 5) is 40.7. The van der Waals surface area contributed by atoms with E-state index in [9.17, 15) is 24.8 Å². The van der Waals surface area contributed by atoms with Crippen LogP contribution in [0.3, 0.4) is 0 Å². The van der Waals surface area contributed by atoms with Crippen LogP contribution in [-0.4, -0.2) is 85.1 Å². The van der Waals surface area contributed by atoms with Crippen LogP contribution in [0.5, 0.6) is 11.5 Å². The highest BCUT2D eigenvalue weighted by Gasteiger charge is 2.46. The molecule has 0 saturated carbocycles. The van der Waals surface area contributed by atoms with Crippen molar-refractivity contribution in [3.8, 4) is 11.5 Å². The highest BCUT2D eigenvalue weighted by Crippen LogP contribution is 2.41. The molecule has 4 rings (SSSR count). The first-order valence-electron chi connectivity index (χ1n) is 11.9. The molecule has 1 N–H and O–H groups in total. The Balaban J connectivity index is 1.72. The Labute approximate surface area is 214 Å². The number of ketones is 1. The summed E-state index contributed by atoms with van der Waals surface area (Å²) < 4.78 is 15.9. The zero-order chi connectivity index (χ0) is 26.5. The number of aliphatic hydroxyl groups excluding tert-OH is 1. The van der Waals surface area contributed by atoms with Crippen molar-refractivity contribution in [2.45, 2.75) is 12.5 Å². The van der Waals surface area contributed by atoms with Crippen LogP contribution in [0.1, 0.15) is 23.6 Å². The number of likely N-dealkylation sites (tertiary alicyclic amines) is 1. The molecule has 1 amide bonds. The monoisotopic (exact) mass is 511 g/mol. The molecule has 0 unspecified atom stereocenters. The van der Waals surface area contributed by atoms with Crippen molar-refractivity contribution in [2.24, 2.45) is 0 Å². The molecule has 11 heteroatoms. The fraction of sp³-hybridized carbons (Fsp3) is 0.385. The fourth-order valence-electron chi connectivity index (χ4n) is 4.66. The van der Waals surface area contributed by atoms with Gasteiger partial charge in [0.15, 0.2) is 11.5 Å². The van der Waals surface area contributed by atoms with Gasteiger partial charge in [0.1, 0.15) is 5.76 Å². The summed E-state index contributed by atoms with van der Waals surface area (Å²) in [5, 5.41) is 22.4. The van der Waals surface area contributed by atoms with Gasteiger partial charge in [0.25, 0.3) is 17.4 Å². The second-order valence-electron chi connectivity index (χ2n) is 8.72. The van der Waals surface area contributed by atoms with Gasteiger partial charge in [-0.2, -0.15) is 0 Å². The number of ether oxygens (including phenoxy) is 3. The zero-order valence-electron chi connectivity index (χ0n) is 20.7. The molecular weight excluding hydrogens is 482 g/mol. The van der Waals surface area contributed by atoms with Gasteiger partial charge in [0, 0.05) is 43.9 Å². The van der Waals surface area contributed by atoms with Crippen LogP contribution in [0.4, 0.5) is 5.69 Å². The number of Topliss-reactive ketones (excluding diaryl/α,β-unsaturated/α-hetero) is 1. The van der Waals surface area contributed by atoms with Crippen LogP contribution < -0.4 is 9.47 Å². The molecule has 196 valence electrons. The Morgan fingerprint density at radius 2 is 1.73 bits per heavy atom. The molecule has 2 fully saturated rings. The lowest BCUT2D eigenvalue weighted by atomic mass is 9.95. The summed E-state index contributed by atoms with van der Waals surface area (Å²) in [5.74, 6) is -1.12. The van der Waals surface area contributed by atoms with Crippen LogP contribution >= 0.6 is 0 Å². The van der Waals surface area contributed by atoms with E-state index in [1.165, 1.54) is 49.5 Å². The third-order valence-electron chi connectivity index (χ3n) is 6.59. The van der Waals surface area contributed by atoms with E-state index in [0.717, 1.165) is 19.6 Å². The molecule has 2 aliphatic heterocycles. The number of rotatable bonds is 9. The van der Waals surface area contributed by atoms with Crippen molar-refractivity contribution in [2.75, 3.05) is 53.6 Å². The Morgan fingerprint density at radius 1 is 1.05 bits per heavy atom. The minimum atomic E-state index is -0.904. The number of nitrogens with zero attached hydrogens (tertiary/aromatic N) is 3. The molecule has 0 spiro atoms. The van der Waals surface area contributed by atoms with Crippen molar-refractivity contribution in [3.63, 3.8) is 0 Å². The number of aliphatic hydroxyl groups is 1. The van der Waals surface area contributed by atoms with E-state index in [1.807, 2.05) is 0 Å². The van der Waals surface area contributed by atoms with Crippen molar-refractivity contribution >= 4 is 23.1 Å². The number of morpholine rings is 1. The number of non-ortho nitro benzene ring substituents is 1. The molecule has 0 aliphatic carbocycles. The quantitative estimate of drug-likeness (QED) is 0.177. The predicted molar refractivity (Wildman–Crippen MR) is 134 cm³/mol. The maximum Gasteiger partial charge on any atom is 0.295 e. The number of carbonyl (C=O) groups excluding carboxylic acids is 2. The van der Waals surface area contributed by atoms with E-state index in [0.29, 0.717) is 36.7 Å². The first-order chi connectivity index (χ1) is 17.8. The molecule has 0 bridgehead atoms. The van der Waals surface area contributed by atoms with Gasteiger partial charge in [0.2, 0.25) is 0 Å². The topological polar surface area (TPSA) is 132 Å². The van der Waals surface area contributed by atoms with Gasteiger partial charge in [-0.3, -0.25) is 24.6 Å². The van der Waals surface area contributed by atoms with E-state index in [2.05, 4.69) is 4.90 Å². The van der Waals surface area contributed by atoms with E-state index < -0.39 is 22.7 Å². The molecule has 2 saturated heterocycles. The lowest BCUT2D eigenvalue weighted by Gasteiger charge is -2.29. The number of carbonyl (C=O) groups is 2. The molecule has 37 heavy (non-hydrogen) atoms. The van der Waals surface area contributed by atoms with Crippen LogP contribution in [0.15, 0.2) is 48.0 Å². The maximum atomic E-state index is 13.2. The number of amides is 1. The number of nitro groups is 1. The van der Waals surface area contributed by atoms with Crippen molar-refractivity contribution < 1.29 is 33.8 Å². The Kier molecular flexibility index (Phi) is 8.04. The number of benzene rings is 2. The van der Waals surface area contributed by atoms with Gasteiger partial charge in [-0.1, -0.05) is 0 Å². The second-order valence-corrected chi connectivity index (χ2v) is 8.72.